The van der Waals surface area contributed by atoms with E-state index in [1.807, 2.05) is 48.5 Å². The molecule has 0 N–H and O–H groups in total. The van der Waals surface area contributed by atoms with E-state index in [0.717, 1.165) is 4.90 Å². The van der Waals surface area contributed by atoms with Crippen molar-refractivity contribution < 1.29 is 24.0 Å². The Morgan fingerprint density at radius 3 is 1.71 bits per heavy atom. The number of hydrogen-bond donors (Lipinski definition) is 0. The summed E-state index contributed by atoms with van der Waals surface area (Å²) in [5.41, 5.74) is 3.13. The van der Waals surface area contributed by atoms with Crippen LogP contribution >= 0.6 is 23.2 Å². The molecule has 38 heavy (non-hydrogen) atoms. The number of nitro benzene ring substituents is 1. The van der Waals surface area contributed by atoms with Crippen LogP contribution in [0.5, 0.6) is 0 Å². The number of halogens is 2. The normalized spacial score (nSPS) is 27.4. The highest BCUT2D eigenvalue weighted by atomic mass is 35.5. The molecule has 10 heteroatoms. The summed E-state index contributed by atoms with van der Waals surface area (Å²) in [6.07, 6.45) is 0. The van der Waals surface area contributed by atoms with Crippen LogP contribution in [0.2, 0.25) is 0 Å². The van der Waals surface area contributed by atoms with E-state index in [2.05, 4.69) is 0 Å². The van der Waals surface area contributed by atoms with E-state index in [1.54, 1.807) is 0 Å². The molecule has 2 amide bonds. The number of alkyl halides is 2. The van der Waals surface area contributed by atoms with Gasteiger partial charge in [-0.1, -0.05) is 48.5 Å². The van der Waals surface area contributed by atoms with Crippen molar-refractivity contribution in [1.29, 1.82) is 0 Å². The molecule has 2 bridgehead atoms. The van der Waals surface area contributed by atoms with Gasteiger partial charge >= 0.3 is 5.97 Å². The minimum atomic E-state index is -1.33. The lowest BCUT2D eigenvalue weighted by atomic mass is 9.54. The Morgan fingerprint density at radius 1 is 0.895 bits per heavy atom. The Morgan fingerprint density at radius 2 is 1.32 bits per heavy atom. The predicted molar refractivity (Wildman–Crippen MR) is 137 cm³/mol. The van der Waals surface area contributed by atoms with Crippen molar-refractivity contribution >= 4 is 46.7 Å². The molecule has 0 aromatic heterocycles. The number of hydrogen-bond acceptors (Lipinski definition) is 6. The topological polar surface area (TPSA) is 107 Å². The summed E-state index contributed by atoms with van der Waals surface area (Å²) in [6, 6.07) is 18.9. The maximum Gasteiger partial charge on any atom is 0.329 e. The summed E-state index contributed by atoms with van der Waals surface area (Å²) in [5, 5.41) is 10.9. The second kappa shape index (κ2) is 8.38. The van der Waals surface area contributed by atoms with Crippen LogP contribution in [0.4, 0.5) is 5.69 Å². The number of carbonyl (C=O) groups is 3. The van der Waals surface area contributed by atoms with Gasteiger partial charge < -0.3 is 4.74 Å². The lowest BCUT2D eigenvalue weighted by Gasteiger charge is -2.54. The van der Waals surface area contributed by atoms with Gasteiger partial charge in [0.1, 0.15) is 22.4 Å². The van der Waals surface area contributed by atoms with Crippen molar-refractivity contribution in [1.82, 2.24) is 4.90 Å². The third kappa shape index (κ3) is 3.07. The highest BCUT2D eigenvalue weighted by Crippen LogP contribution is 2.69. The number of nitro groups is 1. The molecule has 0 unspecified atom stereocenters. The van der Waals surface area contributed by atoms with Gasteiger partial charge in [-0.05, 0) is 46.9 Å². The third-order valence-electron chi connectivity index (χ3n) is 7.88. The van der Waals surface area contributed by atoms with Gasteiger partial charge in [0.25, 0.3) is 5.69 Å². The molecule has 3 aromatic rings. The van der Waals surface area contributed by atoms with Crippen molar-refractivity contribution in [3.63, 3.8) is 0 Å². The Balaban J connectivity index is 1.33. The fourth-order valence-corrected chi connectivity index (χ4v) is 7.26. The molecule has 1 saturated heterocycles. The zero-order valence-electron chi connectivity index (χ0n) is 20.0. The van der Waals surface area contributed by atoms with E-state index < -0.39 is 50.3 Å². The van der Waals surface area contributed by atoms with Gasteiger partial charge in [-0.15, -0.1) is 23.2 Å². The zero-order valence-corrected chi connectivity index (χ0v) is 21.5. The first-order valence-corrected chi connectivity index (χ1v) is 12.7. The first kappa shape index (κ1) is 24.6. The minimum Gasteiger partial charge on any atom is -0.459 e. The number of benzene rings is 3. The molecule has 7 rings (SSSR count). The van der Waals surface area contributed by atoms with Crippen molar-refractivity contribution in [2.45, 2.75) is 29.3 Å². The van der Waals surface area contributed by atoms with Crippen LogP contribution in [0, 0.1) is 22.0 Å². The van der Waals surface area contributed by atoms with Crippen LogP contribution in [0.3, 0.4) is 0 Å². The molecule has 1 heterocycles. The van der Waals surface area contributed by atoms with Crippen LogP contribution < -0.4 is 0 Å². The monoisotopic (exact) mass is 550 g/mol. The molecule has 0 spiro atoms. The van der Waals surface area contributed by atoms with Crippen LogP contribution in [0.1, 0.15) is 34.7 Å². The van der Waals surface area contributed by atoms with Gasteiger partial charge in [0.05, 0.1) is 16.8 Å². The van der Waals surface area contributed by atoms with Gasteiger partial charge in [0.2, 0.25) is 11.8 Å². The van der Waals surface area contributed by atoms with Gasteiger partial charge in [-0.2, -0.15) is 0 Å². The van der Waals surface area contributed by atoms with Crippen LogP contribution in [0.25, 0.3) is 0 Å². The number of imide groups is 1. The first-order chi connectivity index (χ1) is 18.1. The molecule has 0 radical (unpaired) electrons. The summed E-state index contributed by atoms with van der Waals surface area (Å²) in [7, 11) is 0. The van der Waals surface area contributed by atoms with Crippen molar-refractivity contribution in [2.24, 2.45) is 11.8 Å². The Hall–Kier alpha value is -3.75. The summed E-state index contributed by atoms with van der Waals surface area (Å²) < 4.78 is 5.38. The predicted octanol–water partition coefficient (Wildman–Crippen LogP) is 4.62. The lowest BCUT2D eigenvalue weighted by molar-refractivity contribution is -0.384. The van der Waals surface area contributed by atoms with Gasteiger partial charge in [-0.3, -0.25) is 24.6 Å². The van der Waals surface area contributed by atoms with E-state index >= 15 is 0 Å². The molecule has 3 atom stereocenters. The van der Waals surface area contributed by atoms with E-state index in [4.69, 9.17) is 27.9 Å². The maximum atomic E-state index is 13.9. The highest BCUT2D eigenvalue weighted by Gasteiger charge is 2.73. The van der Waals surface area contributed by atoms with Gasteiger partial charge in [-0.25, -0.2) is 4.79 Å². The molecule has 0 saturated carbocycles. The summed E-state index contributed by atoms with van der Waals surface area (Å²) in [4.78, 5) is 49.4. The summed E-state index contributed by atoms with van der Waals surface area (Å²) in [5.74, 6) is -3.97. The number of amides is 2. The van der Waals surface area contributed by atoms with Crippen LogP contribution in [-0.2, 0) is 35.5 Å². The lowest BCUT2D eigenvalue weighted by Crippen LogP contribution is -2.57. The first-order valence-electron chi connectivity index (χ1n) is 12.0. The molecule has 3 aromatic carbocycles. The average Bonchev–Trinajstić information content (AvgIpc) is 3.21. The average molecular weight is 551 g/mol. The van der Waals surface area contributed by atoms with E-state index in [0.29, 0.717) is 27.8 Å². The number of non-ortho nitro benzene ring substituents is 1. The van der Waals surface area contributed by atoms with Crippen molar-refractivity contribution in [2.75, 3.05) is 0 Å². The number of likely N-dealkylation sites (tertiary alicyclic amines) is 1. The number of carbonyl (C=O) groups excluding carboxylic acids is 3. The molecular formula is C28H20Cl2N2O6. The van der Waals surface area contributed by atoms with Gasteiger partial charge in [0.15, 0.2) is 0 Å². The molecule has 8 nitrogen and oxygen atoms in total. The fourth-order valence-electron chi connectivity index (χ4n) is 6.16. The maximum absolute atomic E-state index is 13.9. The Bertz CT molecular complexity index is 1420. The molecule has 1 aliphatic heterocycles. The molecule has 192 valence electrons. The number of esters is 1. The fraction of sp³-hybridized carbons (Fsp3) is 0.250. The van der Waals surface area contributed by atoms with Crippen molar-refractivity contribution in [3.05, 3.63) is 111 Å². The molecule has 4 aliphatic rings. The van der Waals surface area contributed by atoms with Crippen LogP contribution in [0.15, 0.2) is 72.8 Å². The minimum absolute atomic E-state index is 0.0917. The van der Waals surface area contributed by atoms with Crippen LogP contribution in [-0.4, -0.2) is 33.6 Å². The molecule has 1 fully saturated rings. The van der Waals surface area contributed by atoms with E-state index in [1.165, 1.54) is 31.2 Å². The largest absolute Gasteiger partial charge is 0.459 e. The zero-order chi connectivity index (χ0) is 27.0. The Kier molecular flexibility index (Phi) is 5.42. The summed E-state index contributed by atoms with van der Waals surface area (Å²) >= 11 is 14.8. The number of ether oxygens (including phenoxy) is 1. The standard InChI is InChI=1S/C28H20Cl2N2O6/c1-15(26(35)38-14-16-10-12-17(13-11-16)32(36)37)31-24(33)22-23(25(31)34)28(30)19-7-3-2-6-18(19)27(22,29)20-8-4-5-9-21(20)28/h2-13,15,22-23H,14H2,1H3/t15-,22-,23+,27?,28?/m1/s1. The van der Waals surface area contributed by atoms with Crippen molar-refractivity contribution in [3.8, 4) is 0 Å². The second-order valence-electron chi connectivity index (χ2n) is 9.72. The van der Waals surface area contributed by atoms with E-state index in [9.17, 15) is 24.5 Å². The SMILES string of the molecule is C[C@H](C(=O)OCc1ccc([N+](=O)[O-])cc1)N1C(=O)[C@@H]2[C@H](C1=O)C1(Cl)c3ccccc3C2(Cl)c2ccccc21. The van der Waals surface area contributed by atoms with E-state index in [-0.39, 0.29) is 12.3 Å². The second-order valence-corrected chi connectivity index (χ2v) is 10.9. The highest BCUT2D eigenvalue weighted by molar-refractivity contribution is 6.36. The third-order valence-corrected chi connectivity index (χ3v) is 9.16. The summed E-state index contributed by atoms with van der Waals surface area (Å²) in [6.45, 7) is 1.25. The quantitative estimate of drug-likeness (QED) is 0.151. The Labute approximate surface area is 227 Å². The molecule has 3 aliphatic carbocycles. The number of nitrogens with zero attached hydrogens (tertiary/aromatic N) is 2. The smallest absolute Gasteiger partial charge is 0.329 e. The molecular weight excluding hydrogens is 531 g/mol. The number of rotatable bonds is 5. The van der Waals surface area contributed by atoms with Gasteiger partial charge in [0, 0.05) is 12.1 Å².